The van der Waals surface area contributed by atoms with Gasteiger partial charge < -0.3 is 15.2 Å². The number of carboxylic acids is 1. The highest BCUT2D eigenvalue weighted by molar-refractivity contribution is 7.80. The number of hydrogen-bond acceptors (Lipinski definition) is 6. The average Bonchev–Trinajstić information content (AvgIpc) is 2.48. The highest BCUT2D eigenvalue weighted by Crippen LogP contribution is 2.26. The Kier molecular flexibility index (Phi) is 13.4. The van der Waals surface area contributed by atoms with Crippen molar-refractivity contribution in [1.82, 2.24) is 5.32 Å². The van der Waals surface area contributed by atoms with Crippen LogP contribution in [0.4, 0.5) is 0 Å². The van der Waals surface area contributed by atoms with Gasteiger partial charge in [-0.2, -0.15) is 37.9 Å². The van der Waals surface area contributed by atoms with Gasteiger partial charge in [-0.05, 0) is 55.8 Å². The predicted octanol–water partition coefficient (Wildman–Crippen LogP) is 2.07. The monoisotopic (exact) mass is 369 g/mol. The van der Waals surface area contributed by atoms with Gasteiger partial charge in [-0.3, -0.25) is 4.79 Å². The van der Waals surface area contributed by atoms with Crippen molar-refractivity contribution in [3.8, 4) is 0 Å². The Hall–Kier alpha value is -0.0500. The smallest absolute Gasteiger partial charge is 0.329 e. The van der Waals surface area contributed by atoms with E-state index in [1.807, 2.05) is 0 Å². The van der Waals surface area contributed by atoms with Crippen LogP contribution in [0.3, 0.4) is 0 Å². The summed E-state index contributed by atoms with van der Waals surface area (Å²) < 4.78 is 4.86. The lowest BCUT2D eigenvalue weighted by atomic mass is 9.84. The standard InChI is InChI=1S/C14H27NO4S3/c16-12(10-19-11-13(17)18)15-14(4-1-7-20,5-2-8-21)6-3-9-22/h20-22H,1-11H2,(H,15,16)(H,17,18). The molecule has 0 radical (unpaired) electrons. The van der Waals surface area contributed by atoms with Crippen LogP contribution in [0.2, 0.25) is 0 Å². The van der Waals surface area contributed by atoms with Crippen molar-refractivity contribution in [2.45, 2.75) is 44.1 Å². The Morgan fingerprint density at radius 2 is 1.36 bits per heavy atom. The molecule has 2 N–H and O–H groups in total. The predicted molar refractivity (Wildman–Crippen MR) is 98.6 cm³/mol. The summed E-state index contributed by atoms with van der Waals surface area (Å²) in [7, 11) is 0. The SMILES string of the molecule is O=C(O)COCC(=O)NC(CCCS)(CCCS)CCCS. The van der Waals surface area contributed by atoms with E-state index in [0.717, 1.165) is 55.8 Å². The molecular weight excluding hydrogens is 342 g/mol. The second-order valence-electron chi connectivity index (χ2n) is 5.20. The fourth-order valence-corrected chi connectivity index (χ4v) is 2.85. The Bertz CT molecular complexity index is 307. The molecule has 0 saturated heterocycles. The summed E-state index contributed by atoms with van der Waals surface area (Å²) in [6, 6.07) is 0. The number of nitrogens with one attached hydrogen (secondary N) is 1. The van der Waals surface area contributed by atoms with Crippen molar-refractivity contribution in [2.75, 3.05) is 30.5 Å². The van der Waals surface area contributed by atoms with Crippen molar-refractivity contribution >= 4 is 49.8 Å². The molecule has 0 heterocycles. The summed E-state index contributed by atoms with van der Waals surface area (Å²) in [4.78, 5) is 22.5. The zero-order valence-electron chi connectivity index (χ0n) is 12.8. The lowest BCUT2D eigenvalue weighted by molar-refractivity contribution is -0.143. The Morgan fingerprint density at radius 3 is 1.73 bits per heavy atom. The highest BCUT2D eigenvalue weighted by atomic mass is 32.1. The number of rotatable bonds is 14. The van der Waals surface area contributed by atoms with E-state index < -0.39 is 12.6 Å². The van der Waals surface area contributed by atoms with Crippen LogP contribution in [0.1, 0.15) is 38.5 Å². The minimum Gasteiger partial charge on any atom is -0.480 e. The molecule has 0 atom stereocenters. The maximum Gasteiger partial charge on any atom is 0.329 e. The van der Waals surface area contributed by atoms with E-state index in [4.69, 9.17) is 9.84 Å². The van der Waals surface area contributed by atoms with Gasteiger partial charge >= 0.3 is 5.97 Å². The fourth-order valence-electron chi connectivity index (χ4n) is 2.38. The topological polar surface area (TPSA) is 75.6 Å². The van der Waals surface area contributed by atoms with E-state index in [2.05, 4.69) is 43.2 Å². The van der Waals surface area contributed by atoms with Crippen molar-refractivity contribution in [2.24, 2.45) is 0 Å². The molecule has 0 fully saturated rings. The fraction of sp³-hybridized carbons (Fsp3) is 0.857. The first-order valence-corrected chi connectivity index (χ1v) is 9.32. The summed E-state index contributed by atoms with van der Waals surface area (Å²) in [5.41, 5.74) is -0.308. The van der Waals surface area contributed by atoms with E-state index >= 15 is 0 Å². The van der Waals surface area contributed by atoms with Crippen LogP contribution < -0.4 is 5.32 Å². The van der Waals surface area contributed by atoms with Crippen LogP contribution in [-0.4, -0.2) is 53.0 Å². The lowest BCUT2D eigenvalue weighted by Gasteiger charge is -2.35. The number of carboxylic acid groups (broad SMARTS) is 1. The molecule has 8 heteroatoms. The lowest BCUT2D eigenvalue weighted by Crippen LogP contribution is -2.50. The Morgan fingerprint density at radius 1 is 0.909 bits per heavy atom. The molecule has 1 amide bonds. The zero-order chi connectivity index (χ0) is 16.8. The summed E-state index contributed by atoms with van der Waals surface area (Å²) in [6.07, 6.45) is 5.21. The zero-order valence-corrected chi connectivity index (χ0v) is 15.5. The molecule has 0 aliphatic carbocycles. The van der Waals surface area contributed by atoms with Gasteiger partial charge in [0.1, 0.15) is 13.2 Å². The number of hydrogen-bond donors (Lipinski definition) is 5. The molecule has 0 saturated carbocycles. The summed E-state index contributed by atoms with van der Waals surface area (Å²) in [5, 5.41) is 11.6. The van der Waals surface area contributed by atoms with E-state index in [-0.39, 0.29) is 18.1 Å². The number of carbonyl (C=O) groups is 2. The van der Waals surface area contributed by atoms with E-state index in [1.54, 1.807) is 0 Å². The first kappa shape index (κ1) is 21.9. The van der Waals surface area contributed by atoms with Crippen molar-refractivity contribution < 1.29 is 19.4 Å². The van der Waals surface area contributed by atoms with Crippen LogP contribution >= 0.6 is 37.9 Å². The largest absolute Gasteiger partial charge is 0.480 e. The summed E-state index contributed by atoms with van der Waals surface area (Å²) in [5.74, 6) is 0.914. The first-order chi connectivity index (χ1) is 10.5. The van der Waals surface area contributed by atoms with Gasteiger partial charge in [0, 0.05) is 5.54 Å². The van der Waals surface area contributed by atoms with E-state index in [0.29, 0.717) is 0 Å². The highest BCUT2D eigenvalue weighted by Gasteiger charge is 2.30. The molecule has 0 aliphatic rings. The Labute approximate surface area is 149 Å². The maximum atomic E-state index is 12.0. The Balaban J connectivity index is 4.68. The number of amides is 1. The third-order valence-corrected chi connectivity index (χ3v) is 4.25. The number of ether oxygens (including phenoxy) is 1. The van der Waals surface area contributed by atoms with Crippen LogP contribution in [0.5, 0.6) is 0 Å². The van der Waals surface area contributed by atoms with Gasteiger partial charge in [-0.25, -0.2) is 4.79 Å². The van der Waals surface area contributed by atoms with E-state index in [9.17, 15) is 9.59 Å². The molecule has 0 spiro atoms. The molecule has 0 aromatic carbocycles. The van der Waals surface area contributed by atoms with Gasteiger partial charge in [-0.1, -0.05) is 0 Å². The molecule has 0 aromatic rings. The molecule has 0 aromatic heterocycles. The molecule has 22 heavy (non-hydrogen) atoms. The molecule has 130 valence electrons. The second-order valence-corrected chi connectivity index (χ2v) is 6.54. The molecule has 0 rings (SSSR count). The van der Waals surface area contributed by atoms with Crippen molar-refractivity contribution in [3.63, 3.8) is 0 Å². The van der Waals surface area contributed by atoms with Gasteiger partial charge in [0.05, 0.1) is 0 Å². The second kappa shape index (κ2) is 13.4. The minimum absolute atomic E-state index is 0.239. The van der Waals surface area contributed by atoms with Crippen LogP contribution in [-0.2, 0) is 14.3 Å². The molecule has 0 unspecified atom stereocenters. The molecule has 0 aliphatic heterocycles. The summed E-state index contributed by atoms with van der Waals surface area (Å²) >= 11 is 12.8. The number of aliphatic carboxylic acids is 1. The van der Waals surface area contributed by atoms with Crippen LogP contribution in [0.15, 0.2) is 0 Å². The normalized spacial score (nSPS) is 11.4. The number of thiol groups is 3. The summed E-state index contributed by atoms with van der Waals surface area (Å²) in [6.45, 7) is -0.707. The third kappa shape index (κ3) is 10.6. The van der Waals surface area contributed by atoms with E-state index in [1.165, 1.54) is 0 Å². The van der Waals surface area contributed by atoms with Crippen molar-refractivity contribution in [3.05, 3.63) is 0 Å². The minimum atomic E-state index is -1.08. The average molecular weight is 370 g/mol. The third-order valence-electron chi connectivity index (χ3n) is 3.30. The molecule has 5 nitrogen and oxygen atoms in total. The van der Waals surface area contributed by atoms with Crippen LogP contribution in [0.25, 0.3) is 0 Å². The van der Waals surface area contributed by atoms with Crippen molar-refractivity contribution in [1.29, 1.82) is 0 Å². The van der Waals surface area contributed by atoms with Gasteiger partial charge in [0.2, 0.25) is 5.91 Å². The maximum absolute atomic E-state index is 12.0. The molecule has 0 bridgehead atoms. The first-order valence-electron chi connectivity index (χ1n) is 7.43. The van der Waals surface area contributed by atoms with Crippen LogP contribution in [0, 0.1) is 0 Å². The van der Waals surface area contributed by atoms with Gasteiger partial charge in [0.15, 0.2) is 0 Å². The molecular formula is C14H27NO4S3. The quantitative estimate of drug-likeness (QED) is 0.304. The van der Waals surface area contributed by atoms with Gasteiger partial charge in [0.25, 0.3) is 0 Å². The van der Waals surface area contributed by atoms with Gasteiger partial charge in [-0.15, -0.1) is 0 Å². The number of carbonyl (C=O) groups excluding carboxylic acids is 1.